The Morgan fingerprint density at radius 1 is 0.425 bits per heavy atom. The first-order valence-corrected chi connectivity index (χ1v) is 13.4. The summed E-state index contributed by atoms with van der Waals surface area (Å²) in [6.07, 6.45) is 2.18. The lowest BCUT2D eigenvalue weighted by molar-refractivity contribution is 0.963. The maximum absolute atomic E-state index is 5.11. The lowest BCUT2D eigenvalue weighted by Crippen LogP contribution is -2.03. The molecule has 8 aromatic rings. The van der Waals surface area contributed by atoms with Gasteiger partial charge in [-0.1, -0.05) is 115 Å². The molecule has 4 nitrogen and oxygen atoms in total. The zero-order chi connectivity index (χ0) is 26.5. The van der Waals surface area contributed by atoms with Crippen LogP contribution in [0, 0.1) is 0 Å². The molecular formula is C36H24N4. The third-order valence-electron chi connectivity index (χ3n) is 7.58. The Hall–Kier alpha value is -5.48. The van der Waals surface area contributed by atoms with Crippen molar-refractivity contribution in [1.82, 2.24) is 19.1 Å². The van der Waals surface area contributed by atoms with E-state index < -0.39 is 0 Å². The van der Waals surface area contributed by atoms with Gasteiger partial charge in [0.2, 0.25) is 5.95 Å². The van der Waals surface area contributed by atoms with Gasteiger partial charge in [0.05, 0.1) is 33.6 Å². The number of aromatic nitrogens is 4. The van der Waals surface area contributed by atoms with E-state index in [4.69, 9.17) is 9.97 Å². The molecule has 0 aliphatic rings. The molecule has 5 aromatic carbocycles. The summed E-state index contributed by atoms with van der Waals surface area (Å²) in [4.78, 5) is 10.2. The van der Waals surface area contributed by atoms with Crippen molar-refractivity contribution in [2.24, 2.45) is 0 Å². The predicted molar refractivity (Wildman–Crippen MR) is 164 cm³/mol. The lowest BCUT2D eigenvalue weighted by Gasteiger charge is -2.10. The maximum atomic E-state index is 5.11. The van der Waals surface area contributed by atoms with E-state index in [1.807, 2.05) is 36.4 Å². The molecule has 3 aromatic heterocycles. The highest BCUT2D eigenvalue weighted by Crippen LogP contribution is 2.36. The van der Waals surface area contributed by atoms with E-state index in [2.05, 4.69) is 118 Å². The fourth-order valence-electron chi connectivity index (χ4n) is 5.74. The molecule has 0 unspecified atom stereocenters. The van der Waals surface area contributed by atoms with Crippen LogP contribution in [0.2, 0.25) is 0 Å². The number of benzene rings is 5. The molecule has 40 heavy (non-hydrogen) atoms. The van der Waals surface area contributed by atoms with E-state index >= 15 is 0 Å². The summed E-state index contributed by atoms with van der Waals surface area (Å²) in [6.45, 7) is 0. The summed E-state index contributed by atoms with van der Waals surface area (Å²) in [5.74, 6) is 0.642. The van der Waals surface area contributed by atoms with Crippen LogP contribution < -0.4 is 0 Å². The summed E-state index contributed by atoms with van der Waals surface area (Å²) < 4.78 is 4.50. The topological polar surface area (TPSA) is 35.6 Å². The summed E-state index contributed by atoms with van der Waals surface area (Å²) >= 11 is 0. The fourth-order valence-corrected chi connectivity index (χ4v) is 5.74. The van der Waals surface area contributed by atoms with Gasteiger partial charge < -0.3 is 4.57 Å². The van der Waals surface area contributed by atoms with Gasteiger partial charge in [0, 0.05) is 33.5 Å². The Balaban J connectivity index is 1.43. The van der Waals surface area contributed by atoms with Gasteiger partial charge in [0.25, 0.3) is 0 Å². The average molecular weight is 513 g/mol. The van der Waals surface area contributed by atoms with E-state index in [1.54, 1.807) is 0 Å². The summed E-state index contributed by atoms with van der Waals surface area (Å²) in [6, 6.07) is 48.4. The zero-order valence-electron chi connectivity index (χ0n) is 21.6. The molecule has 8 rings (SSSR count). The van der Waals surface area contributed by atoms with Crippen molar-refractivity contribution in [2.45, 2.75) is 0 Å². The van der Waals surface area contributed by atoms with E-state index in [1.165, 1.54) is 21.8 Å². The molecule has 4 heteroatoms. The largest absolute Gasteiger partial charge is 0.307 e. The fraction of sp³-hybridized carbons (Fsp3) is 0. The van der Waals surface area contributed by atoms with E-state index in [0.29, 0.717) is 5.95 Å². The Bertz CT molecular complexity index is 2040. The Labute approximate surface area is 231 Å². The van der Waals surface area contributed by atoms with E-state index in [-0.39, 0.29) is 0 Å². The van der Waals surface area contributed by atoms with Crippen molar-refractivity contribution in [3.05, 3.63) is 146 Å². The minimum absolute atomic E-state index is 0.642. The molecule has 0 spiro atoms. The quantitative estimate of drug-likeness (QED) is 0.236. The zero-order valence-corrected chi connectivity index (χ0v) is 21.6. The molecule has 0 bridgehead atoms. The average Bonchev–Trinajstić information content (AvgIpc) is 3.58. The van der Waals surface area contributed by atoms with Crippen LogP contribution in [0.15, 0.2) is 146 Å². The first-order chi connectivity index (χ1) is 19.8. The van der Waals surface area contributed by atoms with Crippen molar-refractivity contribution in [3.8, 4) is 34.2 Å². The second-order valence-corrected chi connectivity index (χ2v) is 9.94. The normalized spacial score (nSPS) is 11.5. The molecule has 0 saturated carbocycles. The second kappa shape index (κ2) is 9.07. The Morgan fingerprint density at radius 3 is 1.43 bits per heavy atom. The molecule has 0 radical (unpaired) electrons. The minimum Gasteiger partial charge on any atom is -0.307 e. The van der Waals surface area contributed by atoms with Crippen molar-refractivity contribution < 1.29 is 0 Å². The van der Waals surface area contributed by atoms with E-state index in [0.717, 1.165) is 39.1 Å². The monoisotopic (exact) mass is 512 g/mol. The van der Waals surface area contributed by atoms with Gasteiger partial charge in [-0.25, -0.2) is 9.97 Å². The number of rotatable bonds is 4. The summed E-state index contributed by atoms with van der Waals surface area (Å²) in [5, 5.41) is 3.62. The number of para-hydroxylation sites is 3. The van der Waals surface area contributed by atoms with Crippen LogP contribution in [0.25, 0.3) is 66.9 Å². The third kappa shape index (κ3) is 3.54. The molecule has 0 amide bonds. The van der Waals surface area contributed by atoms with Gasteiger partial charge in [0.1, 0.15) is 0 Å². The highest BCUT2D eigenvalue weighted by atomic mass is 15.2. The van der Waals surface area contributed by atoms with Crippen LogP contribution in [-0.4, -0.2) is 19.1 Å². The van der Waals surface area contributed by atoms with Crippen molar-refractivity contribution in [2.75, 3.05) is 0 Å². The molecule has 0 atom stereocenters. The maximum Gasteiger partial charge on any atom is 0.235 e. The molecular weight excluding hydrogens is 488 g/mol. The van der Waals surface area contributed by atoms with Gasteiger partial charge >= 0.3 is 0 Å². The Morgan fingerprint density at radius 2 is 0.875 bits per heavy atom. The van der Waals surface area contributed by atoms with Crippen LogP contribution in [-0.2, 0) is 0 Å². The lowest BCUT2D eigenvalue weighted by atomic mass is 10.1. The van der Waals surface area contributed by atoms with Gasteiger partial charge in [0.15, 0.2) is 0 Å². The highest BCUT2D eigenvalue weighted by Gasteiger charge is 2.19. The minimum atomic E-state index is 0.642. The van der Waals surface area contributed by atoms with Crippen LogP contribution in [0.1, 0.15) is 0 Å². The molecule has 0 N–H and O–H groups in total. The molecule has 0 aliphatic carbocycles. The van der Waals surface area contributed by atoms with E-state index in [9.17, 15) is 0 Å². The van der Waals surface area contributed by atoms with Gasteiger partial charge in [-0.2, -0.15) is 0 Å². The van der Waals surface area contributed by atoms with Crippen LogP contribution in [0.3, 0.4) is 0 Å². The summed E-state index contributed by atoms with van der Waals surface area (Å²) in [7, 11) is 0. The molecule has 0 fully saturated rings. The first kappa shape index (κ1) is 22.5. The third-order valence-corrected chi connectivity index (χ3v) is 7.58. The number of fused-ring (bicyclic) bond motifs is 4. The SMILES string of the molecule is c1ccc(-c2cc(-c3ccccc3)nc(-n3cc(-n4c5ccccc5c5ccccc54)c4ccccc43)n2)cc1. The molecule has 3 heterocycles. The van der Waals surface area contributed by atoms with Crippen molar-refractivity contribution >= 4 is 32.7 Å². The van der Waals surface area contributed by atoms with Crippen LogP contribution >= 0.6 is 0 Å². The molecule has 0 aliphatic heterocycles. The van der Waals surface area contributed by atoms with Crippen LogP contribution in [0.5, 0.6) is 0 Å². The van der Waals surface area contributed by atoms with Crippen molar-refractivity contribution in [3.63, 3.8) is 0 Å². The molecule has 188 valence electrons. The Kier molecular flexibility index (Phi) is 5.10. The highest BCUT2D eigenvalue weighted by molar-refractivity contribution is 6.10. The smallest absolute Gasteiger partial charge is 0.235 e. The number of nitrogens with zero attached hydrogens (tertiary/aromatic N) is 4. The first-order valence-electron chi connectivity index (χ1n) is 13.4. The van der Waals surface area contributed by atoms with Gasteiger partial charge in [-0.15, -0.1) is 0 Å². The second-order valence-electron chi connectivity index (χ2n) is 9.94. The summed E-state index contributed by atoms with van der Waals surface area (Å²) in [5.41, 5.74) is 8.41. The molecule has 0 saturated heterocycles. The van der Waals surface area contributed by atoms with Crippen molar-refractivity contribution in [1.29, 1.82) is 0 Å². The number of hydrogen-bond acceptors (Lipinski definition) is 2. The van der Waals surface area contributed by atoms with Gasteiger partial charge in [-0.05, 0) is 24.3 Å². The standard InChI is InChI=1S/C36H24N4/c1-3-13-25(14-4-1)30-23-31(26-15-5-2-6-16-26)38-36(37-30)39-24-35(29-19-9-10-20-32(29)39)40-33-21-11-7-17-27(33)28-18-8-12-22-34(28)40/h1-24H. The van der Waals surface area contributed by atoms with Gasteiger partial charge in [-0.3, -0.25) is 4.57 Å². The predicted octanol–water partition coefficient (Wildman–Crippen LogP) is 8.85. The van der Waals surface area contributed by atoms with Crippen LogP contribution in [0.4, 0.5) is 0 Å². The number of hydrogen-bond donors (Lipinski definition) is 0.